The van der Waals surface area contributed by atoms with E-state index in [-0.39, 0.29) is 11.4 Å². The van der Waals surface area contributed by atoms with Gasteiger partial charge in [-0.25, -0.2) is 10.4 Å². The van der Waals surface area contributed by atoms with Gasteiger partial charge in [-0.15, -0.1) is 0 Å². The summed E-state index contributed by atoms with van der Waals surface area (Å²) < 4.78 is 0. The molecule has 8 nitrogen and oxygen atoms in total. The molecule has 33 heavy (non-hydrogen) atoms. The summed E-state index contributed by atoms with van der Waals surface area (Å²) in [5.41, 5.74) is 6.70. The van der Waals surface area contributed by atoms with E-state index in [2.05, 4.69) is 20.5 Å². The maximum absolute atomic E-state index is 12.9. The molecule has 0 fully saturated rings. The molecular weight excluding hydrogens is 418 g/mol. The first-order valence-corrected chi connectivity index (χ1v) is 10.1. The quantitative estimate of drug-likeness (QED) is 0.228. The summed E-state index contributed by atoms with van der Waals surface area (Å²) >= 11 is 0. The topological polar surface area (TPSA) is 113 Å². The average Bonchev–Trinajstić information content (AvgIpc) is 3.23. The third-order valence-electron chi connectivity index (χ3n) is 5.26. The number of carbonyl (C=O) groups is 1. The van der Waals surface area contributed by atoms with Crippen molar-refractivity contribution in [2.75, 3.05) is 0 Å². The lowest BCUT2D eigenvalue weighted by atomic mass is 10.1. The summed E-state index contributed by atoms with van der Waals surface area (Å²) in [5, 5.41) is 16.6. The van der Waals surface area contributed by atoms with E-state index < -0.39 is 10.8 Å². The molecule has 160 valence electrons. The van der Waals surface area contributed by atoms with Crippen LogP contribution in [0.3, 0.4) is 0 Å². The zero-order valence-corrected chi connectivity index (χ0v) is 17.2. The molecule has 0 radical (unpaired) electrons. The molecule has 0 saturated heterocycles. The monoisotopic (exact) mass is 435 g/mol. The molecule has 0 atom stereocenters. The highest BCUT2D eigenvalue weighted by molar-refractivity contribution is 6.13. The number of nitro benzene ring substituents is 1. The number of nitrogens with one attached hydrogen (secondary N) is 2. The molecule has 5 aromatic rings. The number of fused-ring (bicyclic) bond motifs is 3. The molecule has 0 aliphatic rings. The van der Waals surface area contributed by atoms with Gasteiger partial charge in [0.25, 0.3) is 11.6 Å². The van der Waals surface area contributed by atoms with Crippen molar-refractivity contribution < 1.29 is 9.72 Å². The lowest BCUT2D eigenvalue weighted by molar-refractivity contribution is -0.384. The zero-order chi connectivity index (χ0) is 22.8. The highest BCUT2D eigenvalue weighted by Crippen LogP contribution is 2.32. The highest BCUT2D eigenvalue weighted by atomic mass is 16.6. The van der Waals surface area contributed by atoms with Crippen LogP contribution in [-0.2, 0) is 0 Å². The fourth-order valence-electron chi connectivity index (χ4n) is 3.67. The second-order valence-electron chi connectivity index (χ2n) is 7.36. The SMILES string of the molecule is O=C(N/N=C\c1ccc([N+](=O)[O-])cc1)c1cc2c([nH]c3ccccc32)c(-c2ccccc2)n1. The predicted octanol–water partition coefficient (Wildman–Crippen LogP) is 5.06. The number of nitrogens with zero attached hydrogens (tertiary/aromatic N) is 3. The molecule has 8 heteroatoms. The van der Waals surface area contributed by atoms with Gasteiger partial charge in [0.1, 0.15) is 5.69 Å². The molecule has 2 aromatic heterocycles. The van der Waals surface area contributed by atoms with Crippen molar-refractivity contribution in [1.82, 2.24) is 15.4 Å². The van der Waals surface area contributed by atoms with Crippen LogP contribution in [0.25, 0.3) is 33.1 Å². The van der Waals surface area contributed by atoms with Crippen LogP contribution in [0.15, 0.2) is 90.0 Å². The number of H-pyrrole nitrogens is 1. The lowest BCUT2D eigenvalue weighted by Gasteiger charge is -2.07. The van der Waals surface area contributed by atoms with Crippen molar-refractivity contribution in [1.29, 1.82) is 0 Å². The summed E-state index contributed by atoms with van der Waals surface area (Å²) in [4.78, 5) is 31.2. The van der Waals surface area contributed by atoms with Crippen molar-refractivity contribution >= 4 is 39.6 Å². The number of hydrogen-bond acceptors (Lipinski definition) is 5. The summed E-state index contributed by atoms with van der Waals surface area (Å²) in [5.74, 6) is -0.461. The van der Waals surface area contributed by atoms with Gasteiger partial charge < -0.3 is 4.98 Å². The van der Waals surface area contributed by atoms with Crippen LogP contribution in [0, 0.1) is 10.1 Å². The molecule has 0 aliphatic heterocycles. The number of pyridine rings is 1. The van der Waals surface area contributed by atoms with Gasteiger partial charge in [0.2, 0.25) is 0 Å². The van der Waals surface area contributed by atoms with Crippen molar-refractivity contribution in [3.63, 3.8) is 0 Å². The smallest absolute Gasteiger partial charge is 0.289 e. The molecule has 0 saturated carbocycles. The Kier molecular flexibility index (Phi) is 5.08. The summed E-state index contributed by atoms with van der Waals surface area (Å²) in [6.07, 6.45) is 1.42. The van der Waals surface area contributed by atoms with Crippen LogP contribution in [0.5, 0.6) is 0 Å². The molecular formula is C25H17N5O3. The molecule has 0 unspecified atom stereocenters. The number of hydrogen-bond donors (Lipinski definition) is 2. The number of para-hydroxylation sites is 1. The first kappa shape index (κ1) is 20.1. The van der Waals surface area contributed by atoms with Crippen molar-refractivity contribution in [2.45, 2.75) is 0 Å². The van der Waals surface area contributed by atoms with Crippen molar-refractivity contribution in [3.8, 4) is 11.3 Å². The number of hydrazone groups is 1. The third-order valence-corrected chi connectivity index (χ3v) is 5.26. The van der Waals surface area contributed by atoms with Gasteiger partial charge in [0.15, 0.2) is 0 Å². The first-order valence-electron chi connectivity index (χ1n) is 10.1. The predicted molar refractivity (Wildman–Crippen MR) is 127 cm³/mol. The largest absolute Gasteiger partial charge is 0.353 e. The van der Waals surface area contributed by atoms with Crippen LogP contribution < -0.4 is 5.43 Å². The van der Waals surface area contributed by atoms with E-state index >= 15 is 0 Å². The summed E-state index contributed by atoms with van der Waals surface area (Å²) in [7, 11) is 0. The van der Waals surface area contributed by atoms with Crippen molar-refractivity contribution in [3.05, 3.63) is 106 Å². The van der Waals surface area contributed by atoms with Crippen LogP contribution >= 0.6 is 0 Å². The molecule has 0 aliphatic carbocycles. The number of nitro groups is 1. The van der Waals surface area contributed by atoms with Crippen molar-refractivity contribution in [2.24, 2.45) is 5.10 Å². The maximum Gasteiger partial charge on any atom is 0.289 e. The Morgan fingerprint density at radius 3 is 2.45 bits per heavy atom. The number of aromatic nitrogens is 2. The highest BCUT2D eigenvalue weighted by Gasteiger charge is 2.16. The number of carbonyl (C=O) groups excluding carboxylic acids is 1. The van der Waals surface area contributed by atoms with E-state index in [0.29, 0.717) is 11.3 Å². The molecule has 1 amide bonds. The van der Waals surface area contributed by atoms with E-state index in [1.54, 1.807) is 18.2 Å². The van der Waals surface area contributed by atoms with Crippen LogP contribution in [0.2, 0.25) is 0 Å². The minimum absolute atomic E-state index is 0.0131. The van der Waals surface area contributed by atoms with Crippen LogP contribution in [0.4, 0.5) is 5.69 Å². The fraction of sp³-hybridized carbons (Fsp3) is 0. The van der Waals surface area contributed by atoms with Gasteiger partial charge in [-0.1, -0.05) is 48.5 Å². The van der Waals surface area contributed by atoms with Gasteiger partial charge in [0.05, 0.1) is 22.3 Å². The molecule has 2 heterocycles. The molecule has 0 bridgehead atoms. The Morgan fingerprint density at radius 2 is 1.70 bits per heavy atom. The molecule has 3 aromatic carbocycles. The Bertz CT molecular complexity index is 1520. The van der Waals surface area contributed by atoms with E-state index in [9.17, 15) is 14.9 Å². The Labute approximate surface area is 187 Å². The maximum atomic E-state index is 12.9. The lowest BCUT2D eigenvalue weighted by Crippen LogP contribution is -2.19. The minimum Gasteiger partial charge on any atom is -0.353 e. The molecule has 5 rings (SSSR count). The standard InChI is InChI=1S/C25H17N5O3/c31-25(29-26-15-16-10-12-18(13-11-16)30(32)33)22-14-20-19-8-4-5-9-21(19)27-24(20)23(28-22)17-6-2-1-3-7-17/h1-15,27H,(H,29,31)/b26-15-. The van der Waals surface area contributed by atoms with Gasteiger partial charge in [-0.05, 0) is 29.8 Å². The van der Waals surface area contributed by atoms with Crippen LogP contribution in [-0.4, -0.2) is 27.0 Å². The van der Waals surface area contributed by atoms with E-state index in [1.807, 2.05) is 54.6 Å². The number of rotatable bonds is 5. The van der Waals surface area contributed by atoms with Gasteiger partial charge in [0, 0.05) is 34.0 Å². The summed E-state index contributed by atoms with van der Waals surface area (Å²) in [6.45, 7) is 0. The zero-order valence-electron chi connectivity index (χ0n) is 17.2. The Morgan fingerprint density at radius 1 is 0.970 bits per heavy atom. The number of benzene rings is 3. The number of aromatic amines is 1. The van der Waals surface area contributed by atoms with Gasteiger partial charge in [-0.3, -0.25) is 14.9 Å². The Balaban J connectivity index is 1.50. The summed E-state index contributed by atoms with van der Waals surface area (Å²) in [6, 6.07) is 25.2. The average molecular weight is 435 g/mol. The van der Waals surface area contributed by atoms with E-state index in [0.717, 1.165) is 27.4 Å². The third kappa shape index (κ3) is 3.92. The van der Waals surface area contributed by atoms with E-state index in [4.69, 9.17) is 0 Å². The number of non-ortho nitro benzene ring substituents is 1. The first-order chi connectivity index (χ1) is 16.1. The number of amides is 1. The molecule has 0 spiro atoms. The minimum atomic E-state index is -0.473. The fourth-order valence-corrected chi connectivity index (χ4v) is 3.67. The van der Waals surface area contributed by atoms with Crippen LogP contribution in [0.1, 0.15) is 16.1 Å². The Hall–Kier alpha value is -4.85. The van der Waals surface area contributed by atoms with Gasteiger partial charge in [-0.2, -0.15) is 5.10 Å². The van der Waals surface area contributed by atoms with E-state index in [1.165, 1.54) is 18.3 Å². The van der Waals surface area contributed by atoms with Gasteiger partial charge >= 0.3 is 0 Å². The second-order valence-corrected chi connectivity index (χ2v) is 7.36. The second kappa shape index (κ2) is 8.35. The normalized spacial score (nSPS) is 11.3. The molecule has 2 N–H and O–H groups in total.